The predicted octanol–water partition coefficient (Wildman–Crippen LogP) is 3.75. The van der Waals surface area contributed by atoms with Crippen molar-refractivity contribution < 1.29 is 19.7 Å². The second kappa shape index (κ2) is 15.0. The van der Waals surface area contributed by atoms with Gasteiger partial charge in [0, 0.05) is 6.08 Å². The number of hydrogen-bond donors (Lipinski definition) is 2. The summed E-state index contributed by atoms with van der Waals surface area (Å²) in [7, 11) is 0. The first-order chi connectivity index (χ1) is 10.6. The van der Waals surface area contributed by atoms with Crippen molar-refractivity contribution in [3.05, 3.63) is 12.2 Å². The number of carbonyl (C=O) groups is 1. The van der Waals surface area contributed by atoms with Gasteiger partial charge in [-0.3, -0.25) is 0 Å². The van der Waals surface area contributed by atoms with Crippen molar-refractivity contribution in [1.29, 1.82) is 0 Å². The van der Waals surface area contributed by atoms with Crippen LogP contribution in [-0.4, -0.2) is 35.0 Å². The van der Waals surface area contributed by atoms with Gasteiger partial charge in [-0.05, 0) is 19.4 Å². The van der Waals surface area contributed by atoms with Gasteiger partial charge in [-0.15, -0.1) is 0 Å². The molecule has 2 atom stereocenters. The van der Waals surface area contributed by atoms with Crippen molar-refractivity contribution in [2.45, 2.75) is 90.3 Å². The summed E-state index contributed by atoms with van der Waals surface area (Å²) in [6, 6.07) is 0. The van der Waals surface area contributed by atoms with Crippen molar-refractivity contribution in [2.24, 2.45) is 0 Å². The SMILES string of the molecule is CCCCCCCCCCCC(O)C(O)/C=C/C(=O)OCC. The first kappa shape index (κ1) is 21.1. The molecule has 22 heavy (non-hydrogen) atoms. The smallest absolute Gasteiger partial charge is 0.330 e. The van der Waals surface area contributed by atoms with Gasteiger partial charge in [0.15, 0.2) is 0 Å². The number of aliphatic hydroxyl groups excluding tert-OH is 2. The molecule has 0 aliphatic carbocycles. The summed E-state index contributed by atoms with van der Waals surface area (Å²) in [6.07, 6.45) is 12.2. The lowest BCUT2D eigenvalue weighted by Gasteiger charge is -2.14. The minimum Gasteiger partial charge on any atom is -0.463 e. The lowest BCUT2D eigenvalue weighted by molar-refractivity contribution is -0.137. The lowest BCUT2D eigenvalue weighted by atomic mass is 10.0. The van der Waals surface area contributed by atoms with E-state index in [2.05, 4.69) is 6.92 Å². The Morgan fingerprint density at radius 1 is 0.955 bits per heavy atom. The normalized spacial score (nSPS) is 14.2. The lowest BCUT2D eigenvalue weighted by Crippen LogP contribution is -2.23. The van der Waals surface area contributed by atoms with Crippen molar-refractivity contribution in [3.63, 3.8) is 0 Å². The fourth-order valence-corrected chi connectivity index (χ4v) is 2.33. The Labute approximate surface area is 135 Å². The third-order valence-corrected chi connectivity index (χ3v) is 3.71. The zero-order valence-electron chi connectivity index (χ0n) is 14.3. The summed E-state index contributed by atoms with van der Waals surface area (Å²) in [5.74, 6) is -0.489. The van der Waals surface area contributed by atoms with Crippen LogP contribution in [0.2, 0.25) is 0 Å². The van der Waals surface area contributed by atoms with E-state index in [1.54, 1.807) is 6.92 Å². The standard InChI is InChI=1S/C18H34O4/c1-3-5-6-7-8-9-10-11-12-13-16(19)17(20)14-15-18(21)22-4-2/h14-17,19-20H,3-13H2,1-2H3/b15-14+. The maximum absolute atomic E-state index is 11.1. The molecule has 0 aromatic heterocycles. The summed E-state index contributed by atoms with van der Waals surface area (Å²) in [4.78, 5) is 11.1. The van der Waals surface area contributed by atoms with Gasteiger partial charge < -0.3 is 14.9 Å². The van der Waals surface area contributed by atoms with Crippen LogP contribution in [0.25, 0.3) is 0 Å². The van der Waals surface area contributed by atoms with Crippen molar-refractivity contribution >= 4 is 5.97 Å². The number of unbranched alkanes of at least 4 members (excludes halogenated alkanes) is 8. The van der Waals surface area contributed by atoms with Gasteiger partial charge in [0.1, 0.15) is 0 Å². The minimum absolute atomic E-state index is 0.306. The molecule has 0 spiro atoms. The van der Waals surface area contributed by atoms with Gasteiger partial charge in [-0.2, -0.15) is 0 Å². The number of esters is 1. The van der Waals surface area contributed by atoms with Gasteiger partial charge in [-0.1, -0.05) is 64.7 Å². The van der Waals surface area contributed by atoms with E-state index >= 15 is 0 Å². The maximum Gasteiger partial charge on any atom is 0.330 e. The highest BCUT2D eigenvalue weighted by Gasteiger charge is 2.13. The fraction of sp³-hybridized carbons (Fsp3) is 0.833. The summed E-state index contributed by atoms with van der Waals surface area (Å²) < 4.78 is 4.71. The van der Waals surface area contributed by atoms with Crippen LogP contribution in [0.1, 0.15) is 78.1 Å². The second-order valence-electron chi connectivity index (χ2n) is 5.79. The topological polar surface area (TPSA) is 66.8 Å². The van der Waals surface area contributed by atoms with Crippen molar-refractivity contribution in [3.8, 4) is 0 Å². The van der Waals surface area contributed by atoms with E-state index < -0.39 is 18.2 Å². The van der Waals surface area contributed by atoms with Crippen LogP contribution in [0.15, 0.2) is 12.2 Å². The van der Waals surface area contributed by atoms with Crippen LogP contribution in [0.5, 0.6) is 0 Å². The van der Waals surface area contributed by atoms with Crippen LogP contribution < -0.4 is 0 Å². The summed E-state index contributed by atoms with van der Waals surface area (Å²) in [6.45, 7) is 4.25. The Bertz CT molecular complexity index is 289. The Balaban J connectivity index is 3.55. The number of carbonyl (C=O) groups excluding carboxylic acids is 1. The van der Waals surface area contributed by atoms with Crippen molar-refractivity contribution in [1.82, 2.24) is 0 Å². The van der Waals surface area contributed by atoms with E-state index in [0.717, 1.165) is 12.8 Å². The van der Waals surface area contributed by atoms with E-state index in [9.17, 15) is 15.0 Å². The van der Waals surface area contributed by atoms with Gasteiger partial charge in [0.05, 0.1) is 18.8 Å². The van der Waals surface area contributed by atoms with Crippen molar-refractivity contribution in [2.75, 3.05) is 6.61 Å². The zero-order chi connectivity index (χ0) is 16.6. The number of ether oxygens (including phenoxy) is 1. The summed E-state index contributed by atoms with van der Waals surface area (Å²) in [5.41, 5.74) is 0. The molecule has 0 fully saturated rings. The van der Waals surface area contributed by atoms with E-state index in [4.69, 9.17) is 4.74 Å². The molecule has 0 rings (SSSR count). The Kier molecular flexibility index (Phi) is 14.4. The molecule has 0 radical (unpaired) electrons. The molecule has 0 amide bonds. The van der Waals surface area contributed by atoms with Crippen LogP contribution in [-0.2, 0) is 9.53 Å². The molecule has 130 valence electrons. The summed E-state index contributed by atoms with van der Waals surface area (Å²) >= 11 is 0. The van der Waals surface area contributed by atoms with E-state index in [-0.39, 0.29) is 0 Å². The molecule has 0 aliphatic rings. The molecule has 0 saturated heterocycles. The van der Waals surface area contributed by atoms with E-state index in [1.807, 2.05) is 0 Å². The number of rotatable bonds is 14. The van der Waals surface area contributed by atoms with Crippen LogP contribution >= 0.6 is 0 Å². The van der Waals surface area contributed by atoms with Crippen LogP contribution in [0, 0.1) is 0 Å². The van der Waals surface area contributed by atoms with Gasteiger partial charge in [-0.25, -0.2) is 4.79 Å². The largest absolute Gasteiger partial charge is 0.463 e. The highest BCUT2D eigenvalue weighted by molar-refractivity contribution is 5.81. The molecule has 0 heterocycles. The van der Waals surface area contributed by atoms with E-state index in [1.165, 1.54) is 57.1 Å². The van der Waals surface area contributed by atoms with E-state index in [0.29, 0.717) is 13.0 Å². The molecule has 2 N–H and O–H groups in total. The monoisotopic (exact) mass is 314 g/mol. The summed E-state index contributed by atoms with van der Waals surface area (Å²) in [5, 5.41) is 19.5. The predicted molar refractivity (Wildman–Crippen MR) is 89.6 cm³/mol. The minimum atomic E-state index is -1.00. The van der Waals surface area contributed by atoms with Gasteiger partial charge in [0.25, 0.3) is 0 Å². The molecule has 4 heteroatoms. The third kappa shape index (κ3) is 12.8. The zero-order valence-corrected chi connectivity index (χ0v) is 14.3. The highest BCUT2D eigenvalue weighted by Crippen LogP contribution is 2.12. The fourth-order valence-electron chi connectivity index (χ4n) is 2.33. The number of aliphatic hydroxyl groups is 2. The first-order valence-corrected chi connectivity index (χ1v) is 8.82. The molecule has 2 unspecified atom stereocenters. The molecular formula is C18H34O4. The third-order valence-electron chi connectivity index (χ3n) is 3.71. The molecule has 4 nitrogen and oxygen atoms in total. The van der Waals surface area contributed by atoms with Gasteiger partial charge >= 0.3 is 5.97 Å². The molecule has 0 aromatic rings. The molecule has 0 aromatic carbocycles. The Morgan fingerprint density at radius 3 is 2.05 bits per heavy atom. The van der Waals surface area contributed by atoms with Crippen LogP contribution in [0.4, 0.5) is 0 Å². The molecule has 0 bridgehead atoms. The maximum atomic E-state index is 11.1. The second-order valence-corrected chi connectivity index (χ2v) is 5.79. The average Bonchev–Trinajstić information content (AvgIpc) is 2.51. The molecule has 0 aliphatic heterocycles. The average molecular weight is 314 g/mol. The molecule has 0 saturated carbocycles. The first-order valence-electron chi connectivity index (χ1n) is 8.82. The Hall–Kier alpha value is -0.870. The quantitative estimate of drug-likeness (QED) is 0.291. The van der Waals surface area contributed by atoms with Crippen LogP contribution in [0.3, 0.4) is 0 Å². The Morgan fingerprint density at radius 2 is 1.50 bits per heavy atom. The molecular weight excluding hydrogens is 280 g/mol. The highest BCUT2D eigenvalue weighted by atomic mass is 16.5. The number of hydrogen-bond acceptors (Lipinski definition) is 4. The van der Waals surface area contributed by atoms with Gasteiger partial charge in [0.2, 0.25) is 0 Å².